The molecule has 5 rings (SSSR count). The van der Waals surface area contributed by atoms with Crippen LogP contribution in [0.2, 0.25) is 0 Å². The summed E-state index contributed by atoms with van der Waals surface area (Å²) in [5.74, 6) is -2.63. The molecule has 2 aliphatic rings. The van der Waals surface area contributed by atoms with Gasteiger partial charge in [-0.05, 0) is 104 Å². The van der Waals surface area contributed by atoms with Crippen LogP contribution < -0.4 is 5.32 Å². The molecule has 10 nitrogen and oxygen atoms in total. The lowest BCUT2D eigenvalue weighted by Gasteiger charge is -2.18. The lowest BCUT2D eigenvalue weighted by molar-refractivity contribution is -0.143. The van der Waals surface area contributed by atoms with Gasteiger partial charge >= 0.3 is 11.9 Å². The van der Waals surface area contributed by atoms with Crippen LogP contribution >= 0.6 is 0 Å². The molecule has 0 fully saturated rings. The summed E-state index contributed by atoms with van der Waals surface area (Å²) < 4.78 is 0. The summed E-state index contributed by atoms with van der Waals surface area (Å²) in [6, 6.07) is 6.88. The normalized spacial score (nSPS) is 13.5. The monoisotopic (exact) mass is 661 g/mol. The number of H-pyrrole nitrogens is 2. The van der Waals surface area contributed by atoms with E-state index in [1.807, 2.05) is 58.0 Å². The maximum absolute atomic E-state index is 13.0. The average Bonchev–Trinajstić information content (AvgIpc) is 3.70. The van der Waals surface area contributed by atoms with Crippen LogP contribution in [0.3, 0.4) is 0 Å². The zero-order valence-electron chi connectivity index (χ0n) is 28.9. The predicted molar refractivity (Wildman–Crippen MR) is 196 cm³/mol. The van der Waals surface area contributed by atoms with Crippen molar-refractivity contribution in [3.63, 3.8) is 0 Å². The van der Waals surface area contributed by atoms with Gasteiger partial charge in [0.25, 0.3) is 0 Å². The fourth-order valence-electron chi connectivity index (χ4n) is 6.53. The van der Waals surface area contributed by atoms with Crippen LogP contribution in [-0.2, 0) is 14.4 Å². The minimum absolute atomic E-state index is 0.0557. The van der Waals surface area contributed by atoms with Crippen molar-refractivity contribution in [3.05, 3.63) is 82.5 Å². The van der Waals surface area contributed by atoms with Gasteiger partial charge in [-0.15, -0.1) is 0 Å². The molecule has 10 heteroatoms. The lowest BCUT2D eigenvalue weighted by atomic mass is 9.98. The van der Waals surface area contributed by atoms with Crippen molar-refractivity contribution >= 4 is 74.4 Å². The molecule has 0 aliphatic carbocycles. The molecule has 1 atom stereocenters. The molecule has 0 saturated heterocycles. The summed E-state index contributed by atoms with van der Waals surface area (Å²) in [4.78, 5) is 53.5. The van der Waals surface area contributed by atoms with E-state index >= 15 is 0 Å². The number of aromatic amines is 2. The number of fused-ring (bicyclic) bond motifs is 8. The highest BCUT2D eigenvalue weighted by Crippen LogP contribution is 2.38. The second kappa shape index (κ2) is 13.9. The van der Waals surface area contributed by atoms with E-state index in [0.717, 1.165) is 66.6 Å². The number of rotatable bonds is 11. The minimum atomic E-state index is -1.08. The summed E-state index contributed by atoms with van der Waals surface area (Å²) in [5.41, 5.74) is 13.4. The third-order valence-corrected chi connectivity index (χ3v) is 9.48. The highest BCUT2D eigenvalue weighted by Gasteiger charge is 2.26. The van der Waals surface area contributed by atoms with Gasteiger partial charge in [0, 0.05) is 46.0 Å². The molecule has 5 N–H and O–H groups in total. The van der Waals surface area contributed by atoms with Crippen molar-refractivity contribution in [3.8, 4) is 0 Å². The van der Waals surface area contributed by atoms with Crippen molar-refractivity contribution in [2.24, 2.45) is 5.92 Å². The number of hydrogen-bond acceptors (Lipinski definition) is 5. The molecule has 49 heavy (non-hydrogen) atoms. The topological polar surface area (TPSA) is 161 Å². The largest absolute Gasteiger partial charge is 0.481 e. The summed E-state index contributed by atoms with van der Waals surface area (Å²) in [6.07, 6.45) is 4.23. The van der Waals surface area contributed by atoms with Crippen LogP contribution in [0.4, 0.5) is 0 Å². The first-order chi connectivity index (χ1) is 23.2. The minimum Gasteiger partial charge on any atom is -0.481 e. The van der Waals surface area contributed by atoms with Gasteiger partial charge in [-0.1, -0.05) is 39.2 Å². The van der Waals surface area contributed by atoms with E-state index in [0.29, 0.717) is 29.2 Å². The molecule has 0 saturated carbocycles. The first-order valence-corrected chi connectivity index (χ1v) is 16.4. The predicted octanol–water partition coefficient (Wildman–Crippen LogP) is 7.95. The van der Waals surface area contributed by atoms with E-state index in [2.05, 4.69) is 34.5 Å². The standard InChI is InChI=1S/C39H43N5O5/c1-9-24-20(5)28-15-29-23(8)27(12-14-37(46)47)35(42-29)18-34-26(11-13-36(45)44-38(19(3)4)39(48)49)22(7)31(43-34)17-33-25(10-2)21(6)30(41-33)16-32(24)40-28/h9-10,15-19,38,40-41H,1-2,11-14H2,3-8H3,(H,44,45)(H,46,47)(H,48,49). The van der Waals surface area contributed by atoms with Crippen LogP contribution in [0, 0.1) is 19.8 Å². The van der Waals surface area contributed by atoms with Crippen molar-refractivity contribution < 1.29 is 24.6 Å². The number of aliphatic carboxylic acids is 2. The van der Waals surface area contributed by atoms with Crippen molar-refractivity contribution in [1.82, 2.24) is 25.3 Å². The molecule has 3 aromatic heterocycles. The molecule has 0 aromatic carbocycles. The van der Waals surface area contributed by atoms with Gasteiger partial charge in [-0.2, -0.15) is 0 Å². The summed E-state index contributed by atoms with van der Waals surface area (Å²) in [6.45, 7) is 19.6. The third kappa shape index (κ3) is 6.90. The Bertz CT molecular complexity index is 2140. The fourth-order valence-corrected chi connectivity index (χ4v) is 6.53. The number of aryl methyl sites for hydroxylation is 2. The van der Waals surface area contributed by atoms with E-state index in [9.17, 15) is 24.6 Å². The number of carboxylic acids is 2. The molecule has 3 aromatic rings. The van der Waals surface area contributed by atoms with Crippen LogP contribution in [0.15, 0.2) is 37.4 Å². The highest BCUT2D eigenvalue weighted by atomic mass is 16.4. The second-order valence-corrected chi connectivity index (χ2v) is 13.0. The molecule has 5 heterocycles. The zero-order chi connectivity index (χ0) is 35.7. The maximum Gasteiger partial charge on any atom is 0.326 e. The van der Waals surface area contributed by atoms with E-state index in [1.54, 1.807) is 13.8 Å². The number of aromatic nitrogens is 4. The Morgan fingerprint density at radius 3 is 1.67 bits per heavy atom. The zero-order valence-corrected chi connectivity index (χ0v) is 28.9. The number of carboxylic acid groups (broad SMARTS) is 2. The van der Waals surface area contributed by atoms with Gasteiger partial charge < -0.3 is 25.5 Å². The molecule has 2 aliphatic heterocycles. The molecule has 0 radical (unpaired) electrons. The van der Waals surface area contributed by atoms with Gasteiger partial charge in [0.15, 0.2) is 0 Å². The lowest BCUT2D eigenvalue weighted by Crippen LogP contribution is -2.44. The van der Waals surface area contributed by atoms with Crippen LogP contribution in [0.5, 0.6) is 0 Å². The average molecular weight is 662 g/mol. The first-order valence-electron chi connectivity index (χ1n) is 16.4. The smallest absolute Gasteiger partial charge is 0.326 e. The van der Waals surface area contributed by atoms with Crippen LogP contribution in [-0.4, -0.2) is 54.0 Å². The Labute approximate surface area is 285 Å². The highest BCUT2D eigenvalue weighted by molar-refractivity contribution is 5.97. The maximum atomic E-state index is 13.0. The summed E-state index contributed by atoms with van der Waals surface area (Å²) in [7, 11) is 0. The third-order valence-electron chi connectivity index (χ3n) is 9.48. The summed E-state index contributed by atoms with van der Waals surface area (Å²) in [5, 5.41) is 21.8. The number of amides is 1. The first kappa shape index (κ1) is 34.8. The van der Waals surface area contributed by atoms with Crippen molar-refractivity contribution in [2.75, 3.05) is 0 Å². The number of hydrogen-bond donors (Lipinski definition) is 5. The molecule has 254 valence electrons. The number of allylic oxidation sites excluding steroid dienone is 4. The Morgan fingerprint density at radius 2 is 1.20 bits per heavy atom. The molecule has 1 unspecified atom stereocenters. The van der Waals surface area contributed by atoms with Gasteiger partial charge in [-0.25, -0.2) is 14.8 Å². The Morgan fingerprint density at radius 1 is 0.735 bits per heavy atom. The summed E-state index contributed by atoms with van der Waals surface area (Å²) >= 11 is 0. The SMILES string of the molecule is C=Cc1c(C)c2cc3[nH]c(cc4nc(cc5nc(cc1[nH]2)C(C)=C5CCC(=O)NC(C(=O)O)C(C)C)C(CCC(=O)O)=C4C)c(C)c3C=C. The Hall–Kier alpha value is -5.51. The molecular formula is C39H43N5O5. The number of carbonyl (C=O) groups excluding carboxylic acids is 1. The van der Waals surface area contributed by atoms with Crippen LogP contribution in [0.25, 0.3) is 56.5 Å². The molecular weight excluding hydrogens is 618 g/mol. The van der Waals surface area contributed by atoms with Gasteiger partial charge in [-0.3, -0.25) is 9.59 Å². The van der Waals surface area contributed by atoms with Crippen LogP contribution in [0.1, 0.15) is 98.4 Å². The Balaban J connectivity index is 1.78. The Kier molecular flexibility index (Phi) is 9.89. The number of nitrogens with one attached hydrogen (secondary N) is 3. The van der Waals surface area contributed by atoms with E-state index in [-0.39, 0.29) is 31.1 Å². The quantitative estimate of drug-likeness (QED) is 0.139. The number of nitrogens with zero attached hydrogens (tertiary/aromatic N) is 2. The molecule has 1 amide bonds. The van der Waals surface area contributed by atoms with E-state index in [1.165, 1.54) is 0 Å². The number of carbonyl (C=O) groups is 3. The van der Waals surface area contributed by atoms with Gasteiger partial charge in [0.2, 0.25) is 5.91 Å². The van der Waals surface area contributed by atoms with Gasteiger partial charge in [0.05, 0.1) is 22.8 Å². The van der Waals surface area contributed by atoms with Crippen molar-refractivity contribution in [1.29, 1.82) is 0 Å². The fraction of sp³-hybridized carbons (Fsp3) is 0.308. The second-order valence-electron chi connectivity index (χ2n) is 13.0. The van der Waals surface area contributed by atoms with Crippen molar-refractivity contribution in [2.45, 2.75) is 73.3 Å². The van der Waals surface area contributed by atoms with E-state index < -0.39 is 18.0 Å². The molecule has 0 spiro atoms. The van der Waals surface area contributed by atoms with Gasteiger partial charge in [0.1, 0.15) is 6.04 Å². The molecule has 8 bridgehead atoms. The van der Waals surface area contributed by atoms with E-state index in [4.69, 9.17) is 9.97 Å².